The third-order valence-corrected chi connectivity index (χ3v) is 2.38. The van der Waals surface area contributed by atoms with E-state index in [0.717, 1.165) is 0 Å². The molecule has 0 bridgehead atoms. The Morgan fingerprint density at radius 1 is 0.846 bits per heavy atom. The van der Waals surface area contributed by atoms with Gasteiger partial charge in [-0.15, -0.1) is 0 Å². The van der Waals surface area contributed by atoms with Gasteiger partial charge in [0.05, 0.1) is 0 Å². The SMILES string of the molecule is CC(C)C=CS(=O)(=O)C=CC(C)C. The van der Waals surface area contributed by atoms with Crippen LogP contribution in [-0.2, 0) is 9.84 Å². The Bertz CT molecular complexity index is 258. The van der Waals surface area contributed by atoms with Crippen LogP contribution in [0.4, 0.5) is 0 Å². The molecule has 0 aromatic heterocycles. The van der Waals surface area contributed by atoms with E-state index in [9.17, 15) is 8.42 Å². The van der Waals surface area contributed by atoms with Crippen LogP contribution in [0.2, 0.25) is 0 Å². The van der Waals surface area contributed by atoms with Gasteiger partial charge in [-0.3, -0.25) is 0 Å². The van der Waals surface area contributed by atoms with Crippen molar-refractivity contribution in [2.24, 2.45) is 11.8 Å². The Hall–Kier alpha value is -0.570. The predicted octanol–water partition coefficient (Wildman–Crippen LogP) is 2.74. The summed E-state index contributed by atoms with van der Waals surface area (Å²) in [6, 6.07) is 0. The van der Waals surface area contributed by atoms with Gasteiger partial charge in [0.1, 0.15) is 0 Å². The number of hydrogen-bond donors (Lipinski definition) is 0. The van der Waals surface area contributed by atoms with Crippen molar-refractivity contribution < 1.29 is 8.42 Å². The minimum Gasteiger partial charge on any atom is -0.220 e. The lowest BCUT2D eigenvalue weighted by Crippen LogP contribution is -1.91. The molecule has 0 atom stereocenters. The summed E-state index contributed by atoms with van der Waals surface area (Å²) in [7, 11) is -3.13. The van der Waals surface area contributed by atoms with Crippen LogP contribution in [0.3, 0.4) is 0 Å². The molecule has 0 spiro atoms. The highest BCUT2D eigenvalue weighted by Gasteiger charge is 1.99. The summed E-state index contributed by atoms with van der Waals surface area (Å²) in [6.07, 6.45) is 3.36. The van der Waals surface area contributed by atoms with Crippen molar-refractivity contribution in [3.63, 3.8) is 0 Å². The molecule has 0 saturated carbocycles. The van der Waals surface area contributed by atoms with Crippen LogP contribution in [0.15, 0.2) is 23.0 Å². The molecule has 13 heavy (non-hydrogen) atoms. The van der Waals surface area contributed by atoms with E-state index in [4.69, 9.17) is 0 Å². The van der Waals surface area contributed by atoms with Gasteiger partial charge in [0.15, 0.2) is 9.84 Å². The van der Waals surface area contributed by atoms with Crippen molar-refractivity contribution >= 4 is 9.84 Å². The zero-order valence-corrected chi connectivity index (χ0v) is 9.51. The molecule has 0 heterocycles. The minimum absolute atomic E-state index is 0.266. The van der Waals surface area contributed by atoms with Crippen LogP contribution in [0, 0.1) is 11.8 Å². The van der Waals surface area contributed by atoms with Crippen molar-refractivity contribution in [2.45, 2.75) is 27.7 Å². The first-order valence-corrected chi connectivity index (χ1v) is 6.06. The standard InChI is InChI=1S/C10H18O2S/c1-9(2)5-7-13(11,12)8-6-10(3)4/h5-10H,1-4H3. The third-order valence-electron chi connectivity index (χ3n) is 1.31. The normalized spacial score (nSPS) is 14.0. The Morgan fingerprint density at radius 3 is 1.38 bits per heavy atom. The van der Waals surface area contributed by atoms with Crippen molar-refractivity contribution in [1.29, 1.82) is 0 Å². The van der Waals surface area contributed by atoms with Gasteiger partial charge in [0.25, 0.3) is 0 Å². The first kappa shape index (κ1) is 12.4. The van der Waals surface area contributed by atoms with Gasteiger partial charge in [0, 0.05) is 10.8 Å². The molecule has 0 aliphatic rings. The molecular formula is C10H18O2S. The van der Waals surface area contributed by atoms with Crippen LogP contribution < -0.4 is 0 Å². The monoisotopic (exact) mass is 202 g/mol. The second-order valence-corrected chi connectivity index (χ2v) is 5.46. The summed E-state index contributed by atoms with van der Waals surface area (Å²) >= 11 is 0. The first-order chi connectivity index (χ1) is 5.83. The molecule has 0 aliphatic heterocycles. The van der Waals surface area contributed by atoms with E-state index in [1.54, 1.807) is 12.2 Å². The molecule has 0 rings (SSSR count). The van der Waals surface area contributed by atoms with Crippen LogP contribution in [0.25, 0.3) is 0 Å². The highest BCUT2D eigenvalue weighted by atomic mass is 32.2. The van der Waals surface area contributed by atoms with E-state index in [1.807, 2.05) is 27.7 Å². The Morgan fingerprint density at radius 2 is 1.15 bits per heavy atom. The maximum atomic E-state index is 11.3. The average molecular weight is 202 g/mol. The minimum atomic E-state index is -3.13. The lowest BCUT2D eigenvalue weighted by molar-refractivity contribution is 0.611. The fraction of sp³-hybridized carbons (Fsp3) is 0.600. The van der Waals surface area contributed by atoms with E-state index < -0.39 is 9.84 Å². The number of allylic oxidation sites excluding steroid dienone is 2. The summed E-state index contributed by atoms with van der Waals surface area (Å²) in [5, 5.41) is 2.52. The van der Waals surface area contributed by atoms with Crippen LogP contribution in [0.1, 0.15) is 27.7 Å². The lowest BCUT2D eigenvalue weighted by atomic mass is 10.2. The van der Waals surface area contributed by atoms with Crippen molar-refractivity contribution in [2.75, 3.05) is 0 Å². The van der Waals surface area contributed by atoms with E-state index in [0.29, 0.717) is 0 Å². The largest absolute Gasteiger partial charge is 0.220 e. The molecule has 76 valence electrons. The zero-order chi connectivity index (χ0) is 10.5. The zero-order valence-electron chi connectivity index (χ0n) is 8.69. The Labute approximate surface area is 81.3 Å². The molecule has 0 fully saturated rings. The maximum absolute atomic E-state index is 11.3. The Balaban J connectivity index is 4.43. The molecule has 0 aromatic carbocycles. The first-order valence-electron chi connectivity index (χ1n) is 4.45. The van der Waals surface area contributed by atoms with Crippen LogP contribution >= 0.6 is 0 Å². The van der Waals surface area contributed by atoms with Gasteiger partial charge in [-0.05, 0) is 11.8 Å². The highest BCUT2D eigenvalue weighted by molar-refractivity contribution is 7.97. The lowest BCUT2D eigenvalue weighted by Gasteiger charge is -1.95. The number of sulfone groups is 1. The predicted molar refractivity (Wildman–Crippen MR) is 56.9 cm³/mol. The summed E-state index contributed by atoms with van der Waals surface area (Å²) in [4.78, 5) is 0. The number of rotatable bonds is 4. The smallest absolute Gasteiger partial charge is 0.192 e. The molecule has 0 radical (unpaired) electrons. The molecule has 0 saturated heterocycles. The highest BCUT2D eigenvalue weighted by Crippen LogP contribution is 2.03. The van der Waals surface area contributed by atoms with E-state index in [2.05, 4.69) is 0 Å². The topological polar surface area (TPSA) is 34.1 Å². The maximum Gasteiger partial charge on any atom is 0.192 e. The van der Waals surface area contributed by atoms with Crippen molar-refractivity contribution in [3.8, 4) is 0 Å². The molecule has 0 aromatic rings. The average Bonchev–Trinajstić information content (AvgIpc) is 1.98. The number of hydrogen-bond acceptors (Lipinski definition) is 2. The molecule has 0 N–H and O–H groups in total. The third kappa shape index (κ3) is 7.78. The van der Waals surface area contributed by atoms with Crippen molar-refractivity contribution in [3.05, 3.63) is 23.0 Å². The van der Waals surface area contributed by atoms with Gasteiger partial charge in [-0.25, -0.2) is 8.42 Å². The van der Waals surface area contributed by atoms with Crippen LogP contribution in [-0.4, -0.2) is 8.42 Å². The molecule has 3 heteroatoms. The summed E-state index contributed by atoms with van der Waals surface area (Å²) in [5.74, 6) is 0.532. The molecular weight excluding hydrogens is 184 g/mol. The fourth-order valence-corrected chi connectivity index (χ4v) is 1.74. The molecule has 0 aliphatic carbocycles. The quantitative estimate of drug-likeness (QED) is 0.702. The van der Waals surface area contributed by atoms with Gasteiger partial charge < -0.3 is 0 Å². The van der Waals surface area contributed by atoms with E-state index >= 15 is 0 Å². The van der Waals surface area contributed by atoms with Gasteiger partial charge >= 0.3 is 0 Å². The second-order valence-electron chi connectivity index (χ2n) is 3.73. The molecule has 0 amide bonds. The summed E-state index contributed by atoms with van der Waals surface area (Å²) < 4.78 is 22.5. The van der Waals surface area contributed by atoms with Gasteiger partial charge in [-0.1, -0.05) is 39.8 Å². The Kier molecular flexibility index (Phi) is 4.99. The second kappa shape index (κ2) is 5.22. The summed E-state index contributed by atoms with van der Waals surface area (Å²) in [5.41, 5.74) is 0. The van der Waals surface area contributed by atoms with E-state index in [-0.39, 0.29) is 11.8 Å². The van der Waals surface area contributed by atoms with Crippen molar-refractivity contribution in [1.82, 2.24) is 0 Å². The van der Waals surface area contributed by atoms with Crippen LogP contribution in [0.5, 0.6) is 0 Å². The fourth-order valence-electron chi connectivity index (χ4n) is 0.579. The molecule has 0 unspecified atom stereocenters. The molecule has 2 nitrogen and oxygen atoms in total. The van der Waals surface area contributed by atoms with E-state index in [1.165, 1.54) is 10.8 Å². The summed E-state index contributed by atoms with van der Waals surface area (Å²) in [6.45, 7) is 7.77. The van der Waals surface area contributed by atoms with Gasteiger partial charge in [-0.2, -0.15) is 0 Å². The van der Waals surface area contributed by atoms with Gasteiger partial charge in [0.2, 0.25) is 0 Å².